The fraction of sp³-hybridized carbons (Fsp3) is 0.468. The molecule has 300 valence electrons. The van der Waals surface area contributed by atoms with E-state index in [1.165, 1.54) is 39.2 Å². The van der Waals surface area contributed by atoms with Gasteiger partial charge in [-0.05, 0) is 118 Å². The minimum absolute atomic E-state index is 0.0763. The van der Waals surface area contributed by atoms with Crippen molar-refractivity contribution in [2.75, 3.05) is 33.8 Å². The molecule has 3 aromatic carbocycles. The van der Waals surface area contributed by atoms with Gasteiger partial charge < -0.3 is 29.7 Å². The summed E-state index contributed by atoms with van der Waals surface area (Å²) in [4.78, 5) is 43.7. The number of nitrogens with two attached hydrogens (primary N) is 1. The van der Waals surface area contributed by atoms with Crippen molar-refractivity contribution in [1.82, 2.24) is 19.3 Å². The Morgan fingerprint density at radius 2 is 1.57 bits per heavy atom. The third-order valence-corrected chi connectivity index (χ3v) is 11.6. The van der Waals surface area contributed by atoms with Gasteiger partial charge >= 0.3 is 0 Å². The van der Waals surface area contributed by atoms with E-state index < -0.39 is 0 Å². The molecule has 1 aromatic heterocycles. The van der Waals surface area contributed by atoms with Crippen molar-refractivity contribution in [3.63, 3.8) is 0 Å². The van der Waals surface area contributed by atoms with Crippen LogP contribution in [0.1, 0.15) is 101 Å². The van der Waals surface area contributed by atoms with Crippen LogP contribution in [-0.2, 0) is 61.8 Å². The summed E-state index contributed by atoms with van der Waals surface area (Å²) in [5.74, 6) is 0.926. The topological polar surface area (TPSA) is 101 Å². The second-order valence-corrected chi connectivity index (χ2v) is 15.7. The molecule has 0 unspecified atom stereocenters. The Bertz CT molecular complexity index is 1980. The zero-order chi connectivity index (χ0) is 40.4. The van der Waals surface area contributed by atoms with Crippen molar-refractivity contribution in [2.45, 2.75) is 105 Å². The van der Waals surface area contributed by atoms with Crippen molar-refractivity contribution < 1.29 is 19.1 Å². The molecule has 0 bridgehead atoms. The van der Waals surface area contributed by atoms with Gasteiger partial charge in [0.2, 0.25) is 12.3 Å². The van der Waals surface area contributed by atoms with E-state index in [9.17, 15) is 4.79 Å². The molecule has 6 rings (SSSR count). The van der Waals surface area contributed by atoms with Crippen LogP contribution in [0, 0.1) is 6.92 Å². The lowest BCUT2D eigenvalue weighted by Crippen LogP contribution is -2.43. The number of nitrogens with zero attached hydrogens (tertiary/aromatic N) is 4. The number of carbonyl (C=O) groups is 3. The summed E-state index contributed by atoms with van der Waals surface area (Å²) in [6.07, 6.45) is 8.75. The van der Waals surface area contributed by atoms with Gasteiger partial charge in [-0.2, -0.15) is 0 Å². The number of aromatic nitrogens is 1. The van der Waals surface area contributed by atoms with Gasteiger partial charge in [0.05, 0.1) is 12.1 Å². The highest BCUT2D eigenvalue weighted by Gasteiger charge is 2.33. The highest BCUT2D eigenvalue weighted by molar-refractivity contribution is 6.02. The summed E-state index contributed by atoms with van der Waals surface area (Å²) in [5.41, 5.74) is 17.1. The average molecular weight is 762 g/mol. The first-order valence-electron chi connectivity index (χ1n) is 20.5. The van der Waals surface area contributed by atoms with Gasteiger partial charge in [-0.1, -0.05) is 69.2 Å². The first-order chi connectivity index (χ1) is 27.0. The van der Waals surface area contributed by atoms with E-state index in [-0.39, 0.29) is 30.7 Å². The molecule has 0 saturated heterocycles. The molecule has 9 nitrogen and oxygen atoms in total. The number of rotatable bonds is 14. The quantitative estimate of drug-likeness (QED) is 0.135. The Morgan fingerprint density at radius 3 is 2.27 bits per heavy atom. The number of hydrogen-bond donors (Lipinski definition) is 1. The van der Waals surface area contributed by atoms with Crippen LogP contribution in [0.3, 0.4) is 0 Å². The number of hydrogen-bond acceptors (Lipinski definition) is 5. The lowest BCUT2D eigenvalue weighted by molar-refractivity contribution is -0.131. The molecule has 1 atom stereocenters. The average Bonchev–Trinajstić information content (AvgIpc) is 3.42. The molecule has 9 heteroatoms. The summed E-state index contributed by atoms with van der Waals surface area (Å²) in [5, 5.41) is 0. The summed E-state index contributed by atoms with van der Waals surface area (Å²) in [6, 6.07) is 21.0. The first kappa shape index (κ1) is 42.3. The smallest absolute Gasteiger partial charge is 0.255 e. The maximum Gasteiger partial charge on any atom is 0.255 e. The van der Waals surface area contributed by atoms with Crippen LogP contribution in [0.5, 0.6) is 5.75 Å². The predicted octanol–water partition coefficient (Wildman–Crippen LogP) is 7.44. The fourth-order valence-corrected chi connectivity index (χ4v) is 8.29. The van der Waals surface area contributed by atoms with Crippen LogP contribution >= 0.6 is 0 Å². The Labute approximate surface area is 334 Å². The largest absolute Gasteiger partial charge is 0.492 e. The standard InChI is InChI=1S/C46H60N4O3.CH3NO/c1-8-10-19-39-33(4)48(7)45(40(39)20-11-9-2)41-27-35-22-23-49(44(51)29-36-17-14-15-21-43(36)53-25-24-47(5)6)30-38(35)28-42(41)46(52)50-31-37-18-13-12-16-34(37)26-32(50)3;2-1-3/h12-18,21,27-28,32H,8-11,19-20,22-26,29-31H2,1-7H3;1H,(H2,2,3)/t32-;/m1./s1. The van der Waals surface area contributed by atoms with Crippen molar-refractivity contribution in [3.8, 4) is 17.0 Å². The minimum Gasteiger partial charge on any atom is -0.492 e. The molecule has 0 fully saturated rings. The zero-order valence-corrected chi connectivity index (χ0v) is 34.8. The van der Waals surface area contributed by atoms with E-state index in [2.05, 4.69) is 91.2 Å². The maximum absolute atomic E-state index is 15.0. The molecule has 4 aromatic rings. The summed E-state index contributed by atoms with van der Waals surface area (Å²) < 4.78 is 8.46. The van der Waals surface area contributed by atoms with Crippen molar-refractivity contribution in [2.24, 2.45) is 12.8 Å². The van der Waals surface area contributed by atoms with E-state index in [4.69, 9.17) is 9.53 Å². The van der Waals surface area contributed by atoms with Gasteiger partial charge in [0.25, 0.3) is 5.91 Å². The summed E-state index contributed by atoms with van der Waals surface area (Å²) >= 11 is 0. The summed E-state index contributed by atoms with van der Waals surface area (Å²) in [7, 11) is 6.24. The fourth-order valence-electron chi connectivity index (χ4n) is 8.29. The van der Waals surface area contributed by atoms with Gasteiger partial charge in [0.1, 0.15) is 12.4 Å². The van der Waals surface area contributed by atoms with Gasteiger partial charge in [-0.15, -0.1) is 0 Å². The van der Waals surface area contributed by atoms with E-state index in [0.717, 1.165) is 85.9 Å². The molecular formula is C47H63N5O4. The normalized spacial score (nSPS) is 14.8. The predicted molar refractivity (Wildman–Crippen MR) is 226 cm³/mol. The van der Waals surface area contributed by atoms with Crippen LogP contribution in [0.25, 0.3) is 11.3 Å². The molecule has 0 aliphatic carbocycles. The third kappa shape index (κ3) is 9.73. The third-order valence-electron chi connectivity index (χ3n) is 11.6. The second kappa shape index (κ2) is 19.8. The van der Waals surface area contributed by atoms with Gasteiger partial charge in [-0.3, -0.25) is 14.4 Å². The second-order valence-electron chi connectivity index (χ2n) is 15.7. The molecule has 3 amide bonds. The number of ether oxygens (including phenoxy) is 1. The molecule has 0 saturated carbocycles. The number of unbranched alkanes of at least 4 members (excludes halogenated alkanes) is 2. The Balaban J connectivity index is 0.00000194. The number of primary amides is 1. The van der Waals surface area contributed by atoms with E-state index in [1.807, 2.05) is 43.3 Å². The molecule has 2 aliphatic rings. The number of likely N-dealkylation sites (N-methyl/N-ethyl adjacent to an activating group) is 1. The van der Waals surface area contributed by atoms with E-state index in [1.54, 1.807) is 0 Å². The Morgan fingerprint density at radius 1 is 0.911 bits per heavy atom. The van der Waals surface area contributed by atoms with Crippen molar-refractivity contribution >= 4 is 18.2 Å². The first-order valence-corrected chi connectivity index (χ1v) is 20.5. The Kier molecular flexibility index (Phi) is 14.9. The molecular weight excluding hydrogens is 699 g/mol. The van der Waals surface area contributed by atoms with Crippen LogP contribution in [0.4, 0.5) is 0 Å². The molecule has 56 heavy (non-hydrogen) atoms. The van der Waals surface area contributed by atoms with Gasteiger partial charge in [0.15, 0.2) is 0 Å². The van der Waals surface area contributed by atoms with Crippen LogP contribution in [-0.4, -0.2) is 77.3 Å². The summed E-state index contributed by atoms with van der Waals surface area (Å²) in [6.45, 7) is 12.1. The highest BCUT2D eigenvalue weighted by atomic mass is 16.5. The maximum atomic E-state index is 15.0. The number of fused-ring (bicyclic) bond motifs is 2. The lowest BCUT2D eigenvalue weighted by atomic mass is 9.87. The lowest BCUT2D eigenvalue weighted by Gasteiger charge is -2.36. The van der Waals surface area contributed by atoms with Crippen molar-refractivity contribution in [3.05, 3.63) is 111 Å². The number of amides is 3. The monoisotopic (exact) mass is 761 g/mol. The number of para-hydroxylation sites is 1. The molecule has 2 aliphatic heterocycles. The molecule has 2 N–H and O–H groups in total. The highest BCUT2D eigenvalue weighted by Crippen LogP contribution is 2.39. The van der Waals surface area contributed by atoms with Crippen LogP contribution in [0.2, 0.25) is 0 Å². The van der Waals surface area contributed by atoms with E-state index in [0.29, 0.717) is 26.2 Å². The van der Waals surface area contributed by atoms with Crippen LogP contribution < -0.4 is 10.5 Å². The van der Waals surface area contributed by atoms with Gasteiger partial charge in [0, 0.05) is 61.7 Å². The zero-order valence-electron chi connectivity index (χ0n) is 34.8. The minimum atomic E-state index is 0.0763. The SMILES string of the molecule is CCCCc1c(CCCC)c(-c2cc3c(cc2C(=O)N2Cc4ccccc4C[C@H]2C)CN(C(=O)Cc2ccccc2OCCN(C)C)CC3)n(C)c1C.NC=O. The van der Waals surface area contributed by atoms with E-state index >= 15 is 4.79 Å². The molecule has 3 heterocycles. The van der Waals surface area contributed by atoms with Gasteiger partial charge in [-0.25, -0.2) is 0 Å². The Hall–Kier alpha value is -4.89. The number of benzene rings is 3. The number of carbonyl (C=O) groups excluding carboxylic acids is 3. The molecule has 0 radical (unpaired) electrons. The van der Waals surface area contributed by atoms with Crippen LogP contribution in [0.15, 0.2) is 60.7 Å². The molecule has 0 spiro atoms. The van der Waals surface area contributed by atoms with Crippen molar-refractivity contribution in [1.29, 1.82) is 0 Å².